The van der Waals surface area contributed by atoms with E-state index >= 15 is 0 Å². The second-order valence-corrected chi connectivity index (χ2v) is 17.9. The first-order valence-electron chi connectivity index (χ1n) is 23.2. The van der Waals surface area contributed by atoms with Crippen LogP contribution in [0.1, 0.15) is 206 Å². The van der Waals surface area contributed by atoms with Crippen molar-refractivity contribution in [2.24, 2.45) is 0 Å². The number of aliphatic hydroxyl groups is 3. The van der Waals surface area contributed by atoms with Crippen LogP contribution in [0, 0.1) is 0 Å². The lowest BCUT2D eigenvalue weighted by Crippen LogP contribution is -2.60. The number of hydrogen-bond acceptors (Lipinski definition) is 11. The number of carbonyl (C=O) groups is 2. The molecule has 1 heterocycles. The second kappa shape index (κ2) is 36.1. The van der Waals surface area contributed by atoms with Crippen molar-refractivity contribution in [2.45, 2.75) is 243 Å². The molecule has 1 aliphatic heterocycles. The van der Waals surface area contributed by atoms with Crippen molar-refractivity contribution in [3.63, 3.8) is 0 Å². The molecule has 1 fully saturated rings. The quantitative estimate of drug-likeness (QED) is 0.0199. The number of ether oxygens (including phenoxy) is 4. The second-order valence-electron chi connectivity index (χ2n) is 16.4. The Bertz CT molecular complexity index is 1130. The molecule has 0 aromatic heterocycles. The van der Waals surface area contributed by atoms with Crippen LogP contribution in [0.2, 0.25) is 0 Å². The molecule has 2 unspecified atom stereocenters. The van der Waals surface area contributed by atoms with Gasteiger partial charge in [-0.15, -0.1) is 0 Å². The summed E-state index contributed by atoms with van der Waals surface area (Å²) in [6, 6.07) is 0. The van der Waals surface area contributed by atoms with Crippen LogP contribution in [-0.2, 0) is 38.7 Å². The fourth-order valence-electron chi connectivity index (χ4n) is 7.20. The molecule has 0 aliphatic carbocycles. The zero-order valence-electron chi connectivity index (χ0n) is 36.4. The summed E-state index contributed by atoms with van der Waals surface area (Å²) in [4.78, 5) is 25.4. The highest BCUT2D eigenvalue weighted by atomic mass is 32.2. The van der Waals surface area contributed by atoms with E-state index in [-0.39, 0.29) is 19.4 Å². The first-order chi connectivity index (χ1) is 28.0. The molecular formula is C45H84O12S. The molecule has 13 heteroatoms. The number of carbonyl (C=O) groups excluding carboxylic acids is 2. The van der Waals surface area contributed by atoms with Gasteiger partial charge >= 0.3 is 11.9 Å². The summed E-state index contributed by atoms with van der Waals surface area (Å²) in [6.07, 6.45) is 28.2. The number of unbranched alkanes of at least 4 members (excludes halogenated alkanes) is 25. The fourth-order valence-corrected chi connectivity index (χ4v) is 7.89. The van der Waals surface area contributed by atoms with Crippen LogP contribution in [0.25, 0.3) is 0 Å². The van der Waals surface area contributed by atoms with Crippen molar-refractivity contribution < 1.29 is 56.8 Å². The van der Waals surface area contributed by atoms with Crippen LogP contribution in [0.15, 0.2) is 12.2 Å². The van der Waals surface area contributed by atoms with E-state index in [2.05, 4.69) is 26.0 Å². The third-order valence-electron chi connectivity index (χ3n) is 10.8. The number of esters is 2. The minimum atomic E-state index is -4.60. The first-order valence-corrected chi connectivity index (χ1v) is 24.9. The van der Waals surface area contributed by atoms with Crippen molar-refractivity contribution in [2.75, 3.05) is 19.0 Å². The van der Waals surface area contributed by atoms with Crippen molar-refractivity contribution in [3.8, 4) is 0 Å². The average Bonchev–Trinajstić information content (AvgIpc) is 3.18. The lowest BCUT2D eigenvalue weighted by molar-refractivity contribution is -0.297. The van der Waals surface area contributed by atoms with Crippen LogP contribution in [-0.4, -0.2) is 96.0 Å². The molecule has 0 saturated carbocycles. The highest BCUT2D eigenvalue weighted by Crippen LogP contribution is 2.24. The lowest BCUT2D eigenvalue weighted by Gasteiger charge is -2.40. The summed E-state index contributed by atoms with van der Waals surface area (Å²) in [5, 5.41) is 30.9. The van der Waals surface area contributed by atoms with E-state index in [4.69, 9.17) is 18.9 Å². The SMILES string of the molecule is CCCCCC/C=C/CCCCCCCCCCCC(=O)OC[C@H](CO[C@H]1O[C@H](CS(=O)(=O)O)[C@@H](O)C(O)C1O)OC(=O)CCCCCCCCCCCCCCC. The van der Waals surface area contributed by atoms with Crippen LogP contribution >= 0.6 is 0 Å². The summed E-state index contributed by atoms with van der Waals surface area (Å²) in [5.74, 6) is -1.97. The average molecular weight is 849 g/mol. The molecule has 0 spiro atoms. The van der Waals surface area contributed by atoms with Gasteiger partial charge in [0.15, 0.2) is 12.4 Å². The van der Waals surface area contributed by atoms with Gasteiger partial charge < -0.3 is 34.3 Å². The molecule has 58 heavy (non-hydrogen) atoms. The maximum atomic E-state index is 12.8. The van der Waals surface area contributed by atoms with Crippen molar-refractivity contribution in [1.82, 2.24) is 0 Å². The highest BCUT2D eigenvalue weighted by molar-refractivity contribution is 7.85. The van der Waals surface area contributed by atoms with Gasteiger partial charge in [0.25, 0.3) is 10.1 Å². The maximum absolute atomic E-state index is 12.8. The number of allylic oxidation sites excluding steroid dienone is 2. The monoisotopic (exact) mass is 849 g/mol. The van der Waals surface area contributed by atoms with E-state index in [1.165, 1.54) is 128 Å². The summed E-state index contributed by atoms with van der Waals surface area (Å²) >= 11 is 0. The molecule has 0 amide bonds. The molecule has 0 radical (unpaired) electrons. The lowest BCUT2D eigenvalue weighted by atomic mass is 10.00. The molecule has 0 aromatic rings. The van der Waals surface area contributed by atoms with E-state index in [1.807, 2.05) is 0 Å². The van der Waals surface area contributed by atoms with Gasteiger partial charge in [-0.25, -0.2) is 0 Å². The van der Waals surface area contributed by atoms with Gasteiger partial charge in [-0.3, -0.25) is 14.1 Å². The summed E-state index contributed by atoms with van der Waals surface area (Å²) < 4.78 is 54.1. The Morgan fingerprint density at radius 2 is 0.983 bits per heavy atom. The molecule has 6 atom stereocenters. The van der Waals surface area contributed by atoms with Gasteiger partial charge in [-0.1, -0.05) is 167 Å². The third-order valence-corrected chi connectivity index (χ3v) is 11.6. The molecule has 0 bridgehead atoms. The van der Waals surface area contributed by atoms with E-state index in [1.54, 1.807) is 0 Å². The Balaban J connectivity index is 2.41. The number of hydrogen-bond donors (Lipinski definition) is 4. The van der Waals surface area contributed by atoms with Gasteiger partial charge in [-0.2, -0.15) is 8.42 Å². The maximum Gasteiger partial charge on any atom is 0.306 e. The van der Waals surface area contributed by atoms with Gasteiger partial charge in [0.2, 0.25) is 0 Å². The smallest absolute Gasteiger partial charge is 0.306 e. The minimum absolute atomic E-state index is 0.169. The summed E-state index contributed by atoms with van der Waals surface area (Å²) in [6.45, 7) is 3.76. The van der Waals surface area contributed by atoms with Crippen molar-refractivity contribution in [1.29, 1.82) is 0 Å². The normalized spacial score (nSPS) is 20.4. The molecule has 1 rings (SSSR count). The molecule has 1 saturated heterocycles. The van der Waals surface area contributed by atoms with Gasteiger partial charge in [0.1, 0.15) is 36.8 Å². The van der Waals surface area contributed by atoms with Crippen LogP contribution in [0.4, 0.5) is 0 Å². The molecule has 0 aromatic carbocycles. The Morgan fingerprint density at radius 1 is 0.569 bits per heavy atom. The Kier molecular flexibility index (Phi) is 33.8. The van der Waals surface area contributed by atoms with E-state index in [0.29, 0.717) is 12.8 Å². The zero-order chi connectivity index (χ0) is 42.7. The predicted octanol–water partition coefficient (Wildman–Crippen LogP) is 9.45. The zero-order valence-corrected chi connectivity index (χ0v) is 37.2. The van der Waals surface area contributed by atoms with Crippen molar-refractivity contribution >= 4 is 22.1 Å². The standard InChI is InChI=1S/C45H84O12S/c1-3-5-7-9-11-13-15-17-18-19-20-22-23-25-27-29-31-33-40(46)54-35-38(36-55-45-44(50)43(49)42(48)39(57-45)37-58(51,52)53)56-41(47)34-32-30-28-26-24-21-16-14-12-10-8-6-4-2/h13,15,38-39,42-45,48-50H,3-12,14,16-37H2,1-2H3,(H,51,52,53)/b15-13+/t38-,39-,42-,43?,44?,45+/m1/s1. The Labute approximate surface area is 352 Å². The highest BCUT2D eigenvalue weighted by Gasteiger charge is 2.46. The van der Waals surface area contributed by atoms with Gasteiger partial charge in [0, 0.05) is 12.8 Å². The fraction of sp³-hybridized carbons (Fsp3) is 0.911. The largest absolute Gasteiger partial charge is 0.462 e. The van der Waals surface area contributed by atoms with E-state index in [0.717, 1.165) is 38.5 Å². The topological polar surface area (TPSA) is 186 Å². The number of aliphatic hydroxyl groups excluding tert-OH is 3. The molecular weight excluding hydrogens is 765 g/mol. The third kappa shape index (κ3) is 30.4. The van der Waals surface area contributed by atoms with E-state index in [9.17, 15) is 37.9 Å². The van der Waals surface area contributed by atoms with Gasteiger partial charge in [0.05, 0.1) is 6.61 Å². The molecule has 342 valence electrons. The summed E-state index contributed by atoms with van der Waals surface area (Å²) in [7, 11) is -4.60. The minimum Gasteiger partial charge on any atom is -0.462 e. The van der Waals surface area contributed by atoms with E-state index < -0.39 is 71.2 Å². The van der Waals surface area contributed by atoms with Gasteiger partial charge in [-0.05, 0) is 38.5 Å². The van der Waals surface area contributed by atoms with Crippen molar-refractivity contribution in [3.05, 3.63) is 12.2 Å². The summed E-state index contributed by atoms with van der Waals surface area (Å²) in [5.41, 5.74) is 0. The van der Waals surface area contributed by atoms with Crippen LogP contribution in [0.3, 0.4) is 0 Å². The molecule has 1 aliphatic rings. The number of rotatable bonds is 39. The van der Waals surface area contributed by atoms with Crippen LogP contribution in [0.5, 0.6) is 0 Å². The first kappa shape index (κ1) is 54.4. The van der Waals surface area contributed by atoms with Crippen LogP contribution < -0.4 is 0 Å². The predicted molar refractivity (Wildman–Crippen MR) is 229 cm³/mol. The molecule has 12 nitrogen and oxygen atoms in total. The Hall–Kier alpha value is -1.61. The Morgan fingerprint density at radius 3 is 1.45 bits per heavy atom. The molecule has 4 N–H and O–H groups in total.